The number of nitrogens with one attached hydrogen (secondary N) is 1. The number of carbonyl (C=O) groups is 2. The number of anilines is 1. The number of aromatic nitrogens is 1. The summed E-state index contributed by atoms with van der Waals surface area (Å²) in [4.78, 5) is 31.1. The molecule has 2 heterocycles. The van der Waals surface area contributed by atoms with Crippen molar-refractivity contribution in [1.29, 1.82) is 0 Å². The van der Waals surface area contributed by atoms with Gasteiger partial charge in [0.2, 0.25) is 5.88 Å². The van der Waals surface area contributed by atoms with E-state index in [1.165, 1.54) is 17.8 Å². The molecule has 1 aliphatic heterocycles. The highest BCUT2D eigenvalue weighted by Gasteiger charge is 2.28. The van der Waals surface area contributed by atoms with E-state index in [9.17, 15) is 14.7 Å². The number of nitrogens with zero attached hydrogens (tertiary/aromatic N) is 2. The van der Waals surface area contributed by atoms with E-state index in [0.717, 1.165) is 31.1 Å². The van der Waals surface area contributed by atoms with Crippen LogP contribution in [-0.2, 0) is 16.0 Å². The van der Waals surface area contributed by atoms with Crippen molar-refractivity contribution < 1.29 is 24.2 Å². The summed E-state index contributed by atoms with van der Waals surface area (Å²) in [6, 6.07) is -1.12. The van der Waals surface area contributed by atoms with Gasteiger partial charge in [0.05, 0.1) is 11.5 Å². The average molecular weight is 400 g/mol. The van der Waals surface area contributed by atoms with Gasteiger partial charge in [0.1, 0.15) is 11.6 Å². The van der Waals surface area contributed by atoms with E-state index in [0.29, 0.717) is 17.4 Å². The van der Waals surface area contributed by atoms with E-state index < -0.39 is 23.7 Å². The maximum Gasteiger partial charge on any atom is 0.408 e. The Morgan fingerprint density at radius 1 is 1.30 bits per heavy atom. The Morgan fingerprint density at radius 2 is 1.96 bits per heavy atom. The van der Waals surface area contributed by atoms with Crippen molar-refractivity contribution in [2.24, 2.45) is 0 Å². The van der Waals surface area contributed by atoms with Gasteiger partial charge in [-0.1, -0.05) is 11.3 Å². The fraction of sp³-hybridized carbons (Fsp3) is 0.722. The number of hydrogen-bond acceptors (Lipinski definition) is 7. The Balaban J connectivity index is 2.14. The van der Waals surface area contributed by atoms with Gasteiger partial charge in [-0.25, -0.2) is 9.59 Å². The highest BCUT2D eigenvalue weighted by molar-refractivity contribution is 7.15. The maximum absolute atomic E-state index is 12.0. The monoisotopic (exact) mass is 399 g/mol. The van der Waals surface area contributed by atoms with Crippen LogP contribution >= 0.6 is 11.3 Å². The molecule has 0 bridgehead atoms. The van der Waals surface area contributed by atoms with Gasteiger partial charge in [0.25, 0.3) is 0 Å². The number of rotatable bonds is 7. The smallest absolute Gasteiger partial charge is 0.408 e. The fourth-order valence-electron chi connectivity index (χ4n) is 2.76. The zero-order valence-corrected chi connectivity index (χ0v) is 17.2. The van der Waals surface area contributed by atoms with Crippen LogP contribution < -0.4 is 15.0 Å². The molecule has 2 N–H and O–H groups in total. The third-order valence-corrected chi connectivity index (χ3v) is 5.06. The predicted molar refractivity (Wildman–Crippen MR) is 104 cm³/mol. The highest BCUT2D eigenvalue weighted by Crippen LogP contribution is 2.34. The fourth-order valence-corrected chi connectivity index (χ4v) is 3.86. The van der Waals surface area contributed by atoms with E-state index >= 15 is 0 Å². The number of carboxylic acids is 1. The van der Waals surface area contributed by atoms with Crippen LogP contribution in [0.4, 0.5) is 9.93 Å². The molecule has 1 fully saturated rings. The van der Waals surface area contributed by atoms with Gasteiger partial charge in [0, 0.05) is 19.5 Å². The summed E-state index contributed by atoms with van der Waals surface area (Å²) >= 11 is 1.43. The quantitative estimate of drug-likeness (QED) is 0.727. The number of amides is 1. The van der Waals surface area contributed by atoms with E-state index in [4.69, 9.17) is 9.47 Å². The van der Waals surface area contributed by atoms with Crippen molar-refractivity contribution in [2.75, 3.05) is 24.6 Å². The molecule has 1 saturated heterocycles. The molecule has 8 nitrogen and oxygen atoms in total. The summed E-state index contributed by atoms with van der Waals surface area (Å²) < 4.78 is 10.8. The van der Waals surface area contributed by atoms with Crippen molar-refractivity contribution in [3.8, 4) is 5.88 Å². The molecular weight excluding hydrogens is 370 g/mol. The first-order valence-electron chi connectivity index (χ1n) is 9.29. The molecule has 9 heteroatoms. The first kappa shape index (κ1) is 21.3. The van der Waals surface area contributed by atoms with Crippen LogP contribution in [0.1, 0.15) is 51.8 Å². The second kappa shape index (κ2) is 9.25. The van der Waals surface area contributed by atoms with Crippen LogP contribution in [0.3, 0.4) is 0 Å². The first-order chi connectivity index (χ1) is 12.7. The van der Waals surface area contributed by atoms with Crippen LogP contribution in [0.5, 0.6) is 5.88 Å². The minimum absolute atomic E-state index is 0.0927. The SMILES string of the molecule is CCOc1nc(N2CCCCC2)sc1CC(NC(=O)OC(C)(C)C)C(=O)O. The van der Waals surface area contributed by atoms with Crippen LogP contribution in [0.25, 0.3) is 0 Å². The van der Waals surface area contributed by atoms with Crippen LogP contribution in [0.2, 0.25) is 0 Å². The van der Waals surface area contributed by atoms with E-state index in [-0.39, 0.29) is 6.42 Å². The Hall–Kier alpha value is -2.03. The number of alkyl carbamates (subject to hydrolysis) is 1. The van der Waals surface area contributed by atoms with Gasteiger partial charge in [0.15, 0.2) is 5.13 Å². The third kappa shape index (κ3) is 6.57. The molecule has 27 heavy (non-hydrogen) atoms. The van der Waals surface area contributed by atoms with Gasteiger partial charge in [-0.15, -0.1) is 0 Å². The van der Waals surface area contributed by atoms with Crippen LogP contribution in [0.15, 0.2) is 0 Å². The second-order valence-electron chi connectivity index (χ2n) is 7.45. The summed E-state index contributed by atoms with van der Waals surface area (Å²) in [5.41, 5.74) is -0.699. The minimum atomic E-state index is -1.13. The largest absolute Gasteiger partial charge is 0.480 e. The summed E-state index contributed by atoms with van der Waals surface area (Å²) in [7, 11) is 0. The lowest BCUT2D eigenvalue weighted by atomic mass is 10.1. The summed E-state index contributed by atoms with van der Waals surface area (Å²) in [5.74, 6) is -0.684. The molecular formula is C18H29N3O5S. The van der Waals surface area contributed by atoms with E-state index in [2.05, 4.69) is 15.2 Å². The number of piperidine rings is 1. The lowest BCUT2D eigenvalue weighted by Gasteiger charge is -2.25. The first-order valence-corrected chi connectivity index (χ1v) is 10.1. The Morgan fingerprint density at radius 3 is 2.52 bits per heavy atom. The van der Waals surface area contributed by atoms with Crippen molar-refractivity contribution in [1.82, 2.24) is 10.3 Å². The second-order valence-corrected chi connectivity index (χ2v) is 8.51. The predicted octanol–water partition coefficient (Wildman–Crippen LogP) is 3.05. The van der Waals surface area contributed by atoms with E-state index in [1.807, 2.05) is 6.92 Å². The molecule has 0 radical (unpaired) electrons. The molecule has 1 amide bonds. The van der Waals surface area contributed by atoms with Gasteiger partial charge < -0.3 is 24.8 Å². The van der Waals surface area contributed by atoms with Gasteiger partial charge in [-0.2, -0.15) is 4.98 Å². The molecule has 152 valence electrons. The number of ether oxygens (including phenoxy) is 2. The number of carbonyl (C=O) groups excluding carboxylic acids is 1. The minimum Gasteiger partial charge on any atom is -0.480 e. The standard InChI is InChI=1S/C18H29N3O5S/c1-5-25-14-13(27-16(20-14)21-9-7-6-8-10-21)11-12(15(22)23)19-17(24)26-18(2,3)4/h12H,5-11H2,1-4H3,(H,19,24)(H,22,23). The number of hydrogen-bond donors (Lipinski definition) is 2. The van der Waals surface area contributed by atoms with Crippen molar-refractivity contribution >= 4 is 28.5 Å². The molecule has 1 aromatic rings. The lowest BCUT2D eigenvalue weighted by Crippen LogP contribution is -2.44. The van der Waals surface area contributed by atoms with Crippen molar-refractivity contribution in [2.45, 2.75) is 65.0 Å². The Labute approximate surface area is 163 Å². The van der Waals surface area contributed by atoms with Crippen LogP contribution in [0, 0.1) is 0 Å². The normalized spacial score (nSPS) is 15.9. The number of thiazole rings is 1. The third-order valence-electron chi connectivity index (χ3n) is 3.94. The zero-order chi connectivity index (χ0) is 20.0. The number of aliphatic carboxylic acids is 1. The molecule has 0 aliphatic carbocycles. The molecule has 1 unspecified atom stereocenters. The zero-order valence-electron chi connectivity index (χ0n) is 16.4. The highest BCUT2D eigenvalue weighted by atomic mass is 32.1. The van der Waals surface area contributed by atoms with Gasteiger partial charge in [-0.05, 0) is 47.0 Å². The maximum atomic E-state index is 12.0. The number of carboxylic acid groups (broad SMARTS) is 1. The topological polar surface area (TPSA) is 101 Å². The molecule has 0 spiro atoms. The molecule has 0 aromatic carbocycles. The van der Waals surface area contributed by atoms with Gasteiger partial charge >= 0.3 is 12.1 Å². The summed E-state index contributed by atoms with van der Waals surface area (Å²) in [6.07, 6.45) is 2.80. The lowest BCUT2D eigenvalue weighted by molar-refractivity contribution is -0.139. The molecule has 1 atom stereocenters. The average Bonchev–Trinajstić information content (AvgIpc) is 2.96. The summed E-state index contributed by atoms with van der Waals surface area (Å²) in [5, 5.41) is 12.8. The summed E-state index contributed by atoms with van der Waals surface area (Å²) in [6.45, 7) is 9.36. The van der Waals surface area contributed by atoms with Crippen molar-refractivity contribution in [3.63, 3.8) is 0 Å². The molecule has 1 aliphatic rings. The van der Waals surface area contributed by atoms with Crippen molar-refractivity contribution in [3.05, 3.63) is 4.88 Å². The molecule has 1 aromatic heterocycles. The molecule has 2 rings (SSSR count). The Bertz CT molecular complexity index is 650. The molecule has 0 saturated carbocycles. The van der Waals surface area contributed by atoms with Gasteiger partial charge in [-0.3, -0.25) is 0 Å². The van der Waals surface area contributed by atoms with E-state index in [1.54, 1.807) is 20.8 Å². The van der Waals surface area contributed by atoms with Crippen LogP contribution in [-0.4, -0.2) is 53.5 Å². The Kier molecular flexibility index (Phi) is 7.29.